The summed E-state index contributed by atoms with van der Waals surface area (Å²) in [5.74, 6) is -0.379. The molecule has 5 rings (SSSR count). The van der Waals surface area contributed by atoms with Crippen LogP contribution in [0.5, 0.6) is 5.75 Å². The zero-order valence-electron chi connectivity index (χ0n) is 16.8. The van der Waals surface area contributed by atoms with Crippen LogP contribution in [0.4, 0.5) is 0 Å². The van der Waals surface area contributed by atoms with Gasteiger partial charge < -0.3 is 14.9 Å². The van der Waals surface area contributed by atoms with Gasteiger partial charge in [0.05, 0.1) is 16.9 Å². The fraction of sp³-hybridized carbons (Fsp3) is 0.0800. The molecule has 156 valence electrons. The summed E-state index contributed by atoms with van der Waals surface area (Å²) < 4.78 is 13.3. The Labute approximate surface area is 188 Å². The van der Waals surface area contributed by atoms with Crippen molar-refractivity contribution in [2.45, 2.75) is 12.5 Å². The molecule has 6 nitrogen and oxygen atoms in total. The number of nitrogens with zero attached hydrogens (tertiary/aromatic N) is 2. The number of nitriles is 1. The van der Waals surface area contributed by atoms with E-state index >= 15 is 0 Å². The molecule has 0 fully saturated rings. The molecule has 3 heterocycles. The zero-order valence-corrected chi connectivity index (χ0v) is 17.5. The van der Waals surface area contributed by atoms with Gasteiger partial charge in [-0.25, -0.2) is 9.36 Å². The van der Waals surface area contributed by atoms with Gasteiger partial charge in [0, 0.05) is 22.7 Å². The molecule has 1 aliphatic heterocycles. The Morgan fingerprint density at radius 3 is 2.62 bits per heavy atom. The van der Waals surface area contributed by atoms with Crippen molar-refractivity contribution in [1.82, 2.24) is 0 Å². The highest BCUT2D eigenvalue weighted by atomic mass is 35.5. The summed E-state index contributed by atoms with van der Waals surface area (Å²) in [5, 5.41) is 11.1. The number of ether oxygens (including phenoxy) is 1. The van der Waals surface area contributed by atoms with Gasteiger partial charge in [-0.05, 0) is 29.8 Å². The van der Waals surface area contributed by atoms with Crippen LogP contribution in [0.1, 0.15) is 22.6 Å². The van der Waals surface area contributed by atoms with Crippen LogP contribution in [0.2, 0.25) is 5.02 Å². The normalized spacial score (nSPS) is 15.2. The average molecular weight is 443 g/mol. The van der Waals surface area contributed by atoms with E-state index in [9.17, 15) is 10.1 Å². The van der Waals surface area contributed by atoms with E-state index in [0.717, 1.165) is 11.1 Å². The molecule has 32 heavy (non-hydrogen) atoms. The second kappa shape index (κ2) is 7.88. The van der Waals surface area contributed by atoms with Crippen LogP contribution in [0.15, 0.2) is 93.7 Å². The summed E-state index contributed by atoms with van der Waals surface area (Å²) in [7, 11) is 0. The van der Waals surface area contributed by atoms with Gasteiger partial charge in [0.1, 0.15) is 17.2 Å². The smallest absolute Gasteiger partial charge is 0.344 e. The molecule has 2 aromatic carbocycles. The van der Waals surface area contributed by atoms with E-state index in [2.05, 4.69) is 6.07 Å². The molecule has 7 heteroatoms. The Morgan fingerprint density at radius 1 is 1.09 bits per heavy atom. The molecule has 2 aromatic heterocycles. The third kappa shape index (κ3) is 3.39. The number of para-hydroxylation sites is 1. The van der Waals surface area contributed by atoms with E-state index in [4.69, 9.17) is 26.5 Å². The fourth-order valence-electron chi connectivity index (χ4n) is 4.01. The lowest BCUT2D eigenvalue weighted by Crippen LogP contribution is -2.34. The molecule has 0 radical (unpaired) electrons. The van der Waals surface area contributed by atoms with Crippen LogP contribution >= 0.6 is 11.6 Å². The van der Waals surface area contributed by atoms with E-state index in [-0.39, 0.29) is 17.0 Å². The first-order chi connectivity index (χ1) is 15.5. The molecule has 1 unspecified atom stereocenters. The highest BCUT2D eigenvalue weighted by Gasteiger charge is 2.35. The maximum Gasteiger partial charge on any atom is 0.344 e. The molecule has 0 spiro atoms. The largest absolute Gasteiger partial charge is 0.439 e. The number of benzene rings is 2. The number of fused-ring (bicyclic) bond motifs is 3. The molecule has 1 aliphatic rings. The monoisotopic (exact) mass is 442 g/mol. The molecule has 0 bridgehead atoms. The average Bonchev–Trinajstić information content (AvgIpc) is 2.79. The van der Waals surface area contributed by atoms with Gasteiger partial charge in [0.15, 0.2) is 24.7 Å². The molecule has 0 saturated carbocycles. The number of aromatic nitrogens is 1. The molecular formula is C25H17ClN3O3+. The Kier molecular flexibility index (Phi) is 4.89. The summed E-state index contributed by atoms with van der Waals surface area (Å²) >= 11 is 6.08. The highest BCUT2D eigenvalue weighted by Crippen LogP contribution is 2.43. The van der Waals surface area contributed by atoms with Crippen molar-refractivity contribution in [1.29, 1.82) is 5.26 Å². The molecule has 2 N–H and O–H groups in total. The Hall–Kier alpha value is -4.08. The van der Waals surface area contributed by atoms with Crippen LogP contribution in [-0.4, -0.2) is 0 Å². The Balaban J connectivity index is 1.61. The summed E-state index contributed by atoms with van der Waals surface area (Å²) in [6.07, 6.45) is 3.78. The predicted molar refractivity (Wildman–Crippen MR) is 119 cm³/mol. The Morgan fingerprint density at radius 2 is 1.88 bits per heavy atom. The van der Waals surface area contributed by atoms with Crippen molar-refractivity contribution < 1.29 is 13.7 Å². The van der Waals surface area contributed by atoms with Crippen LogP contribution in [0, 0.1) is 11.3 Å². The minimum atomic E-state index is -0.689. The first-order valence-electron chi connectivity index (χ1n) is 9.92. The minimum Gasteiger partial charge on any atom is -0.439 e. The summed E-state index contributed by atoms with van der Waals surface area (Å²) in [5.41, 5.74) is 8.18. The first-order valence-corrected chi connectivity index (χ1v) is 10.3. The van der Waals surface area contributed by atoms with Crippen LogP contribution in [0.3, 0.4) is 0 Å². The number of nitrogens with two attached hydrogens (primary N) is 1. The SMILES string of the molecule is N#CC1=C(N)Oc2c(c(=O)oc3ccccc23)C1c1cc[n+](Cc2cccc(Cl)c2)cc1. The van der Waals surface area contributed by atoms with E-state index in [1.807, 2.05) is 59.4 Å². The fourth-order valence-corrected chi connectivity index (χ4v) is 4.23. The summed E-state index contributed by atoms with van der Waals surface area (Å²) in [6.45, 7) is 0.626. The molecule has 4 aromatic rings. The lowest BCUT2D eigenvalue weighted by atomic mass is 9.84. The minimum absolute atomic E-state index is 0.0172. The van der Waals surface area contributed by atoms with Crippen molar-refractivity contribution in [2.75, 3.05) is 0 Å². The predicted octanol–water partition coefficient (Wildman–Crippen LogP) is 4.00. The molecule has 0 amide bonds. The second-order valence-electron chi connectivity index (χ2n) is 7.49. The van der Waals surface area contributed by atoms with Crippen LogP contribution in [0.25, 0.3) is 11.0 Å². The van der Waals surface area contributed by atoms with Crippen molar-refractivity contribution in [3.8, 4) is 11.8 Å². The van der Waals surface area contributed by atoms with Crippen molar-refractivity contribution in [3.63, 3.8) is 0 Å². The van der Waals surface area contributed by atoms with Crippen molar-refractivity contribution >= 4 is 22.6 Å². The van der Waals surface area contributed by atoms with Gasteiger partial charge in [-0.3, -0.25) is 0 Å². The van der Waals surface area contributed by atoms with Gasteiger partial charge in [0.2, 0.25) is 5.88 Å². The van der Waals surface area contributed by atoms with E-state index in [0.29, 0.717) is 28.3 Å². The lowest BCUT2D eigenvalue weighted by Gasteiger charge is -2.25. The third-order valence-corrected chi connectivity index (χ3v) is 5.71. The third-order valence-electron chi connectivity index (χ3n) is 5.48. The van der Waals surface area contributed by atoms with E-state index < -0.39 is 11.5 Å². The first kappa shape index (κ1) is 19.9. The molecule has 0 aliphatic carbocycles. The van der Waals surface area contributed by atoms with Crippen LogP contribution in [-0.2, 0) is 6.54 Å². The van der Waals surface area contributed by atoms with Gasteiger partial charge in [-0.2, -0.15) is 5.26 Å². The standard InChI is InChI=1S/C25H17ClN3O3/c26-17-5-3-4-15(12-17)14-29-10-8-16(9-11-29)21-19(13-27)24(28)32-23-18-6-1-2-7-20(18)31-25(30)22(21)23/h1-12,21H,14,28H2/q+1. The second-order valence-corrected chi connectivity index (χ2v) is 7.92. The summed E-state index contributed by atoms with van der Waals surface area (Å²) in [6, 6.07) is 20.6. The number of halogens is 1. The zero-order chi connectivity index (χ0) is 22.2. The molecular weight excluding hydrogens is 426 g/mol. The molecule has 0 saturated heterocycles. The van der Waals surface area contributed by atoms with E-state index in [1.165, 1.54) is 0 Å². The topological polar surface area (TPSA) is 93.1 Å². The van der Waals surface area contributed by atoms with Gasteiger partial charge in [-0.1, -0.05) is 35.9 Å². The summed E-state index contributed by atoms with van der Waals surface area (Å²) in [4.78, 5) is 12.9. The van der Waals surface area contributed by atoms with Gasteiger partial charge in [-0.15, -0.1) is 0 Å². The van der Waals surface area contributed by atoms with Crippen LogP contribution < -0.4 is 20.7 Å². The van der Waals surface area contributed by atoms with Gasteiger partial charge >= 0.3 is 5.63 Å². The number of pyridine rings is 1. The number of hydrogen-bond acceptors (Lipinski definition) is 5. The Bertz CT molecular complexity index is 1480. The highest BCUT2D eigenvalue weighted by molar-refractivity contribution is 6.30. The quantitative estimate of drug-likeness (QED) is 0.382. The van der Waals surface area contributed by atoms with E-state index in [1.54, 1.807) is 18.2 Å². The maximum atomic E-state index is 12.9. The lowest BCUT2D eigenvalue weighted by molar-refractivity contribution is -0.688. The number of rotatable bonds is 3. The van der Waals surface area contributed by atoms with Gasteiger partial charge in [0.25, 0.3) is 0 Å². The van der Waals surface area contributed by atoms with Crippen molar-refractivity contribution in [2.24, 2.45) is 5.73 Å². The molecule has 1 atom stereocenters. The number of hydrogen-bond donors (Lipinski definition) is 1. The number of allylic oxidation sites excluding steroid dienone is 1. The maximum absolute atomic E-state index is 12.9. The van der Waals surface area contributed by atoms with Crippen molar-refractivity contribution in [3.05, 3.63) is 117 Å².